The van der Waals surface area contributed by atoms with Crippen molar-refractivity contribution in [2.75, 3.05) is 5.73 Å². The smallest absolute Gasteiger partial charge is 0.0317 e. The van der Waals surface area contributed by atoms with Crippen LogP contribution in [0.15, 0.2) is 18.2 Å². The van der Waals surface area contributed by atoms with Gasteiger partial charge in [-0.15, -0.1) is 0 Å². The van der Waals surface area contributed by atoms with E-state index in [1.165, 1.54) is 24.0 Å². The lowest BCUT2D eigenvalue weighted by Crippen LogP contribution is -2.14. The summed E-state index contributed by atoms with van der Waals surface area (Å²) in [5.41, 5.74) is 9.90. The third-order valence-corrected chi connectivity index (χ3v) is 2.90. The zero-order valence-electron chi connectivity index (χ0n) is 9.30. The maximum absolute atomic E-state index is 5.84. The van der Waals surface area contributed by atoms with Crippen molar-refractivity contribution >= 4 is 5.69 Å². The number of hydrogen-bond acceptors (Lipinski definition) is 1. The summed E-state index contributed by atoms with van der Waals surface area (Å²) in [6.07, 6.45) is 2.71. The first-order valence-corrected chi connectivity index (χ1v) is 5.38. The van der Waals surface area contributed by atoms with E-state index in [1.807, 2.05) is 6.07 Å². The van der Waals surface area contributed by atoms with E-state index in [9.17, 15) is 0 Å². The fourth-order valence-corrected chi connectivity index (χ4v) is 1.97. The molecule has 1 aromatic carbocycles. The van der Waals surface area contributed by atoms with Crippen molar-refractivity contribution in [3.8, 4) is 0 Å². The van der Waals surface area contributed by atoms with Crippen LogP contribution in [0.5, 0.6) is 0 Å². The first-order valence-electron chi connectivity index (χ1n) is 5.38. The molecule has 1 nitrogen and oxygen atoms in total. The summed E-state index contributed by atoms with van der Waals surface area (Å²) in [5, 5.41) is 0. The van der Waals surface area contributed by atoms with Gasteiger partial charge in [0.1, 0.15) is 0 Å². The molecule has 0 spiro atoms. The first kappa shape index (κ1) is 9.57. The molecule has 0 atom stereocenters. The molecule has 1 aliphatic carbocycles. The first-order chi connectivity index (χ1) is 6.48. The van der Waals surface area contributed by atoms with Gasteiger partial charge in [0.05, 0.1) is 0 Å². The second kappa shape index (κ2) is 3.01. The molecule has 76 valence electrons. The van der Waals surface area contributed by atoms with Crippen LogP contribution in [0.3, 0.4) is 0 Å². The van der Waals surface area contributed by atoms with Gasteiger partial charge in [-0.25, -0.2) is 0 Å². The van der Waals surface area contributed by atoms with E-state index in [4.69, 9.17) is 5.73 Å². The van der Waals surface area contributed by atoms with E-state index < -0.39 is 0 Å². The van der Waals surface area contributed by atoms with Crippen LogP contribution in [0.25, 0.3) is 0 Å². The lowest BCUT2D eigenvalue weighted by atomic mass is 9.82. The third kappa shape index (κ3) is 1.77. The minimum Gasteiger partial charge on any atom is -0.399 e. The summed E-state index contributed by atoms with van der Waals surface area (Å²) in [4.78, 5) is 0. The average Bonchev–Trinajstić information content (AvgIpc) is 2.85. The zero-order valence-corrected chi connectivity index (χ0v) is 9.30. The second-order valence-electron chi connectivity index (χ2n) is 5.37. The summed E-state index contributed by atoms with van der Waals surface area (Å²) >= 11 is 0. The number of hydrogen-bond donors (Lipinski definition) is 1. The van der Waals surface area contributed by atoms with Crippen LogP contribution < -0.4 is 5.73 Å². The predicted octanol–water partition coefficient (Wildman–Crippen LogP) is 3.44. The predicted molar refractivity (Wildman–Crippen MR) is 61.5 cm³/mol. The average molecular weight is 189 g/mol. The van der Waals surface area contributed by atoms with Gasteiger partial charge >= 0.3 is 0 Å². The number of anilines is 1. The SMILES string of the molecule is CC(C)(C)c1cc(N)ccc1C1CC1. The van der Waals surface area contributed by atoms with E-state index in [0.717, 1.165) is 11.6 Å². The largest absolute Gasteiger partial charge is 0.399 e. The van der Waals surface area contributed by atoms with Crippen molar-refractivity contribution in [1.29, 1.82) is 0 Å². The van der Waals surface area contributed by atoms with Crippen molar-refractivity contribution in [2.45, 2.75) is 44.9 Å². The fourth-order valence-electron chi connectivity index (χ4n) is 1.97. The molecule has 0 aliphatic heterocycles. The molecular weight excluding hydrogens is 170 g/mol. The van der Waals surface area contributed by atoms with Gasteiger partial charge in [-0.05, 0) is 47.4 Å². The standard InChI is InChI=1S/C13H19N/c1-13(2,3)12-8-10(14)6-7-11(12)9-4-5-9/h6-9H,4-5,14H2,1-3H3. The molecule has 14 heavy (non-hydrogen) atoms. The molecule has 1 heteroatoms. The van der Waals surface area contributed by atoms with E-state index in [1.54, 1.807) is 0 Å². The summed E-state index contributed by atoms with van der Waals surface area (Å²) < 4.78 is 0. The molecule has 0 heterocycles. The summed E-state index contributed by atoms with van der Waals surface area (Å²) in [6, 6.07) is 6.39. The molecular formula is C13H19N. The lowest BCUT2D eigenvalue weighted by molar-refractivity contribution is 0.583. The second-order valence-corrected chi connectivity index (χ2v) is 5.37. The molecule has 1 fully saturated rings. The number of nitrogens with two attached hydrogens (primary N) is 1. The van der Waals surface area contributed by atoms with E-state index in [2.05, 4.69) is 32.9 Å². The fraction of sp³-hybridized carbons (Fsp3) is 0.538. The Bertz CT molecular complexity index is 343. The number of nitrogen functional groups attached to an aromatic ring is 1. The maximum Gasteiger partial charge on any atom is 0.0317 e. The minimum atomic E-state index is 0.216. The quantitative estimate of drug-likeness (QED) is 0.673. The Morgan fingerprint density at radius 1 is 1.21 bits per heavy atom. The van der Waals surface area contributed by atoms with Crippen molar-refractivity contribution in [3.05, 3.63) is 29.3 Å². The van der Waals surface area contributed by atoms with Gasteiger partial charge < -0.3 is 5.73 Å². The molecule has 1 saturated carbocycles. The molecule has 0 aromatic heterocycles. The summed E-state index contributed by atoms with van der Waals surface area (Å²) in [5.74, 6) is 0.810. The molecule has 0 bridgehead atoms. The zero-order chi connectivity index (χ0) is 10.3. The van der Waals surface area contributed by atoms with Crippen LogP contribution in [-0.2, 0) is 5.41 Å². The van der Waals surface area contributed by atoms with Crippen LogP contribution in [0.1, 0.15) is 50.7 Å². The summed E-state index contributed by atoms with van der Waals surface area (Å²) in [6.45, 7) is 6.77. The van der Waals surface area contributed by atoms with E-state index in [0.29, 0.717) is 0 Å². The Morgan fingerprint density at radius 3 is 2.36 bits per heavy atom. The van der Waals surface area contributed by atoms with Crippen LogP contribution in [0.4, 0.5) is 5.69 Å². The molecule has 1 aromatic rings. The molecule has 0 saturated heterocycles. The van der Waals surface area contributed by atoms with Gasteiger partial charge in [-0.3, -0.25) is 0 Å². The lowest BCUT2D eigenvalue weighted by Gasteiger charge is -2.23. The highest BCUT2D eigenvalue weighted by Gasteiger charge is 2.29. The molecule has 0 amide bonds. The van der Waals surface area contributed by atoms with E-state index in [-0.39, 0.29) is 5.41 Å². The number of rotatable bonds is 1. The Morgan fingerprint density at radius 2 is 1.86 bits per heavy atom. The van der Waals surface area contributed by atoms with Gasteiger partial charge in [-0.2, -0.15) is 0 Å². The maximum atomic E-state index is 5.84. The van der Waals surface area contributed by atoms with Crippen LogP contribution in [0, 0.1) is 0 Å². The van der Waals surface area contributed by atoms with Crippen molar-refractivity contribution in [2.24, 2.45) is 0 Å². The third-order valence-electron chi connectivity index (χ3n) is 2.90. The topological polar surface area (TPSA) is 26.0 Å². The number of benzene rings is 1. The van der Waals surface area contributed by atoms with Gasteiger partial charge in [0.15, 0.2) is 0 Å². The molecule has 0 radical (unpaired) electrons. The highest BCUT2D eigenvalue weighted by molar-refractivity contribution is 5.49. The van der Waals surface area contributed by atoms with E-state index >= 15 is 0 Å². The molecule has 2 N–H and O–H groups in total. The van der Waals surface area contributed by atoms with Crippen molar-refractivity contribution in [3.63, 3.8) is 0 Å². The van der Waals surface area contributed by atoms with Gasteiger partial charge in [0, 0.05) is 5.69 Å². The van der Waals surface area contributed by atoms with Crippen LogP contribution >= 0.6 is 0 Å². The van der Waals surface area contributed by atoms with Gasteiger partial charge in [-0.1, -0.05) is 26.8 Å². The summed E-state index contributed by atoms with van der Waals surface area (Å²) in [7, 11) is 0. The Kier molecular flexibility index (Phi) is 2.06. The molecule has 2 rings (SSSR count). The Labute approximate surface area is 86.3 Å². The van der Waals surface area contributed by atoms with Crippen molar-refractivity contribution in [1.82, 2.24) is 0 Å². The monoisotopic (exact) mass is 189 g/mol. The normalized spacial score (nSPS) is 17.1. The Balaban J connectivity index is 2.48. The molecule has 1 aliphatic rings. The van der Waals surface area contributed by atoms with Crippen LogP contribution in [-0.4, -0.2) is 0 Å². The highest BCUT2D eigenvalue weighted by Crippen LogP contribution is 2.44. The van der Waals surface area contributed by atoms with Gasteiger partial charge in [0.2, 0.25) is 0 Å². The minimum absolute atomic E-state index is 0.216. The Hall–Kier alpha value is -0.980. The highest BCUT2D eigenvalue weighted by atomic mass is 14.5. The molecule has 0 unspecified atom stereocenters. The van der Waals surface area contributed by atoms with Crippen LogP contribution in [0.2, 0.25) is 0 Å². The van der Waals surface area contributed by atoms with Crippen molar-refractivity contribution < 1.29 is 0 Å². The van der Waals surface area contributed by atoms with Gasteiger partial charge in [0.25, 0.3) is 0 Å².